The van der Waals surface area contributed by atoms with Gasteiger partial charge in [-0.05, 0) is 41.4 Å². The Balaban J connectivity index is 1.71. The van der Waals surface area contributed by atoms with Crippen LogP contribution in [-0.4, -0.2) is 21.0 Å². The normalized spacial score (nSPS) is 13.9. The molecule has 0 saturated heterocycles. The zero-order valence-corrected chi connectivity index (χ0v) is 13.0. The van der Waals surface area contributed by atoms with Gasteiger partial charge in [-0.1, -0.05) is 0 Å². The highest BCUT2D eigenvalue weighted by Crippen LogP contribution is 2.22. The first-order valence-electron chi connectivity index (χ1n) is 6.92. The van der Waals surface area contributed by atoms with E-state index in [1.807, 2.05) is 27.3 Å². The monoisotopic (exact) mass is 312 g/mol. The molecule has 0 saturated carbocycles. The van der Waals surface area contributed by atoms with Crippen LogP contribution in [0.1, 0.15) is 23.7 Å². The van der Waals surface area contributed by atoms with E-state index in [-0.39, 0.29) is 0 Å². The molecule has 0 radical (unpaired) electrons. The molecule has 6 heteroatoms. The van der Waals surface area contributed by atoms with E-state index in [1.165, 1.54) is 0 Å². The lowest BCUT2D eigenvalue weighted by Crippen LogP contribution is -2.34. The summed E-state index contributed by atoms with van der Waals surface area (Å²) in [7, 11) is 0. The van der Waals surface area contributed by atoms with Gasteiger partial charge >= 0.3 is 0 Å². The smallest absolute Gasteiger partial charge is 0.137 e. The molecule has 112 valence electrons. The molecule has 0 aliphatic heterocycles. The average molecular weight is 312 g/mol. The third kappa shape index (κ3) is 2.88. The van der Waals surface area contributed by atoms with E-state index in [0.29, 0.717) is 18.7 Å². The van der Waals surface area contributed by atoms with Crippen LogP contribution in [0.25, 0.3) is 5.65 Å². The second-order valence-electron chi connectivity index (χ2n) is 5.40. The van der Waals surface area contributed by atoms with E-state index in [4.69, 9.17) is 5.26 Å². The Morgan fingerprint density at radius 1 is 1.45 bits per heavy atom. The van der Waals surface area contributed by atoms with Gasteiger partial charge in [-0.3, -0.25) is 0 Å². The summed E-state index contributed by atoms with van der Waals surface area (Å²) in [6.45, 7) is 2.80. The number of nitriles is 1. The van der Waals surface area contributed by atoms with Gasteiger partial charge in [-0.2, -0.15) is 16.6 Å². The van der Waals surface area contributed by atoms with Gasteiger partial charge in [0.15, 0.2) is 0 Å². The number of hydrogen-bond donors (Lipinski definition) is 2. The summed E-state index contributed by atoms with van der Waals surface area (Å²) in [5.74, 6) is 0. The standard InChI is InChI=1S/C16H16N4OS/c1-16(21,13-4-5-22-10-13)11-18-7-14-8-19-15-3-2-12(6-17)9-20(14)15/h2-5,8-10,18,21H,7,11H2,1H3. The van der Waals surface area contributed by atoms with Gasteiger partial charge in [0.25, 0.3) is 0 Å². The molecular weight excluding hydrogens is 296 g/mol. The third-order valence-corrected chi connectivity index (χ3v) is 4.31. The van der Waals surface area contributed by atoms with E-state index in [1.54, 1.807) is 36.7 Å². The molecule has 1 atom stereocenters. The van der Waals surface area contributed by atoms with Gasteiger partial charge < -0.3 is 14.8 Å². The van der Waals surface area contributed by atoms with Gasteiger partial charge in [0, 0.05) is 19.3 Å². The van der Waals surface area contributed by atoms with Crippen LogP contribution < -0.4 is 5.32 Å². The van der Waals surface area contributed by atoms with Crippen LogP contribution >= 0.6 is 11.3 Å². The van der Waals surface area contributed by atoms with Crippen molar-refractivity contribution in [2.24, 2.45) is 0 Å². The fourth-order valence-electron chi connectivity index (χ4n) is 2.33. The number of nitrogens with zero attached hydrogens (tertiary/aromatic N) is 3. The number of fused-ring (bicyclic) bond motifs is 1. The fourth-order valence-corrected chi connectivity index (χ4v) is 3.12. The molecule has 0 bridgehead atoms. The van der Waals surface area contributed by atoms with Gasteiger partial charge in [0.05, 0.1) is 23.1 Å². The van der Waals surface area contributed by atoms with Crippen molar-refractivity contribution in [3.05, 3.63) is 58.2 Å². The predicted molar refractivity (Wildman–Crippen MR) is 85.5 cm³/mol. The Kier molecular flexibility index (Phi) is 3.94. The van der Waals surface area contributed by atoms with Crippen LogP contribution in [0, 0.1) is 11.3 Å². The Morgan fingerprint density at radius 2 is 2.32 bits per heavy atom. The lowest BCUT2D eigenvalue weighted by Gasteiger charge is -2.22. The SMILES string of the molecule is CC(O)(CNCc1cnc2ccc(C#N)cn12)c1ccsc1. The zero-order valence-electron chi connectivity index (χ0n) is 12.2. The molecule has 22 heavy (non-hydrogen) atoms. The first kappa shape index (κ1) is 14.7. The molecule has 5 nitrogen and oxygen atoms in total. The molecular formula is C16H16N4OS. The third-order valence-electron chi connectivity index (χ3n) is 3.63. The molecule has 0 aliphatic rings. The van der Waals surface area contributed by atoms with Gasteiger partial charge in [-0.25, -0.2) is 4.98 Å². The first-order chi connectivity index (χ1) is 10.6. The second-order valence-corrected chi connectivity index (χ2v) is 6.18. The molecule has 0 amide bonds. The maximum absolute atomic E-state index is 10.5. The van der Waals surface area contributed by atoms with Crippen LogP contribution in [0.5, 0.6) is 0 Å². The van der Waals surface area contributed by atoms with Crippen LogP contribution in [-0.2, 0) is 12.1 Å². The number of rotatable bonds is 5. The maximum atomic E-state index is 10.5. The van der Waals surface area contributed by atoms with E-state index in [9.17, 15) is 5.11 Å². The number of imidazole rings is 1. The van der Waals surface area contributed by atoms with Crippen molar-refractivity contribution in [2.45, 2.75) is 19.1 Å². The number of nitrogens with one attached hydrogen (secondary N) is 1. The van der Waals surface area contributed by atoms with Gasteiger partial charge in [0.2, 0.25) is 0 Å². The lowest BCUT2D eigenvalue weighted by atomic mass is 9.99. The predicted octanol–water partition coefficient (Wildman–Crippen LogP) is 2.26. The molecule has 3 aromatic rings. The quantitative estimate of drug-likeness (QED) is 0.758. The number of thiophene rings is 1. The molecule has 3 heterocycles. The Hall–Kier alpha value is -2.20. The Morgan fingerprint density at radius 3 is 3.05 bits per heavy atom. The summed E-state index contributed by atoms with van der Waals surface area (Å²) >= 11 is 1.57. The molecule has 0 aromatic carbocycles. The molecule has 0 spiro atoms. The molecule has 0 fully saturated rings. The van der Waals surface area contributed by atoms with Crippen molar-refractivity contribution < 1.29 is 5.11 Å². The number of hydrogen-bond acceptors (Lipinski definition) is 5. The summed E-state index contributed by atoms with van der Waals surface area (Å²) in [4.78, 5) is 4.31. The minimum absolute atomic E-state index is 0.439. The molecule has 0 aliphatic carbocycles. The first-order valence-corrected chi connectivity index (χ1v) is 7.86. The van der Waals surface area contributed by atoms with E-state index < -0.39 is 5.60 Å². The number of aromatic nitrogens is 2. The summed E-state index contributed by atoms with van der Waals surface area (Å²) in [5, 5.41) is 26.6. The summed E-state index contributed by atoms with van der Waals surface area (Å²) < 4.78 is 1.89. The van der Waals surface area contributed by atoms with Gasteiger partial charge in [0.1, 0.15) is 11.7 Å². The second kappa shape index (κ2) is 5.89. The van der Waals surface area contributed by atoms with E-state index in [0.717, 1.165) is 16.9 Å². The summed E-state index contributed by atoms with van der Waals surface area (Å²) in [5.41, 5.74) is 2.36. The minimum Gasteiger partial charge on any atom is -0.384 e. The molecule has 3 rings (SSSR count). The molecule has 1 unspecified atom stereocenters. The van der Waals surface area contributed by atoms with Crippen LogP contribution in [0.15, 0.2) is 41.4 Å². The summed E-state index contributed by atoms with van der Waals surface area (Å²) in [6.07, 6.45) is 3.55. The zero-order chi connectivity index (χ0) is 15.6. The van der Waals surface area contributed by atoms with Crippen LogP contribution in [0.2, 0.25) is 0 Å². The highest BCUT2D eigenvalue weighted by atomic mass is 32.1. The summed E-state index contributed by atoms with van der Waals surface area (Å²) in [6, 6.07) is 7.63. The Bertz CT molecular complexity index is 814. The van der Waals surface area contributed by atoms with Crippen LogP contribution in [0.4, 0.5) is 0 Å². The minimum atomic E-state index is -0.904. The fraction of sp³-hybridized carbons (Fsp3) is 0.250. The number of aliphatic hydroxyl groups is 1. The topological polar surface area (TPSA) is 73.3 Å². The molecule has 2 N–H and O–H groups in total. The van der Waals surface area contributed by atoms with E-state index in [2.05, 4.69) is 16.4 Å². The highest BCUT2D eigenvalue weighted by molar-refractivity contribution is 7.08. The highest BCUT2D eigenvalue weighted by Gasteiger charge is 2.22. The number of pyridine rings is 1. The maximum Gasteiger partial charge on any atom is 0.137 e. The van der Waals surface area contributed by atoms with Crippen molar-refractivity contribution in [2.75, 3.05) is 6.54 Å². The van der Waals surface area contributed by atoms with Crippen molar-refractivity contribution in [1.29, 1.82) is 5.26 Å². The van der Waals surface area contributed by atoms with Crippen molar-refractivity contribution in [1.82, 2.24) is 14.7 Å². The molecule has 3 aromatic heterocycles. The Labute approximate surface area is 132 Å². The van der Waals surface area contributed by atoms with Crippen molar-refractivity contribution in [3.63, 3.8) is 0 Å². The van der Waals surface area contributed by atoms with Crippen LogP contribution in [0.3, 0.4) is 0 Å². The van der Waals surface area contributed by atoms with E-state index >= 15 is 0 Å². The lowest BCUT2D eigenvalue weighted by molar-refractivity contribution is 0.0570. The van der Waals surface area contributed by atoms with Crippen molar-refractivity contribution >= 4 is 17.0 Å². The largest absolute Gasteiger partial charge is 0.384 e. The van der Waals surface area contributed by atoms with Crippen molar-refractivity contribution in [3.8, 4) is 6.07 Å². The van der Waals surface area contributed by atoms with Gasteiger partial charge in [-0.15, -0.1) is 0 Å². The average Bonchev–Trinajstić information content (AvgIpc) is 3.16.